The summed E-state index contributed by atoms with van der Waals surface area (Å²) in [6, 6.07) is -0.697. The number of carbonyl (C=O) groups excluding carboxylic acids is 3. The van der Waals surface area contributed by atoms with Crippen LogP contribution in [0.2, 0.25) is 0 Å². The fourth-order valence-corrected chi connectivity index (χ4v) is 1.38. The van der Waals surface area contributed by atoms with E-state index in [9.17, 15) is 14.4 Å². The molecule has 3 atom stereocenters. The number of rotatable bonds is 7. The second kappa shape index (κ2) is 6.50. The first-order valence-electron chi connectivity index (χ1n) is 5.29. The average molecular weight is 228 g/mol. The SMILES string of the molecule is CC(=O)CC(=O)C(CC(N)C(C)N)C(C)=O. The molecule has 0 saturated carbocycles. The van der Waals surface area contributed by atoms with E-state index in [1.54, 1.807) is 6.92 Å². The number of ketones is 3. The number of Topliss-reactive ketones (excluding diaryl/α,β-unsaturated/α-hetero) is 3. The van der Waals surface area contributed by atoms with Crippen LogP contribution in [0, 0.1) is 5.92 Å². The molecular weight excluding hydrogens is 208 g/mol. The third kappa shape index (κ3) is 5.14. The Balaban J connectivity index is 4.56. The van der Waals surface area contributed by atoms with E-state index in [0.717, 1.165) is 0 Å². The van der Waals surface area contributed by atoms with Gasteiger partial charge in [-0.1, -0.05) is 0 Å². The number of carbonyl (C=O) groups is 3. The highest BCUT2D eigenvalue weighted by Crippen LogP contribution is 2.12. The van der Waals surface area contributed by atoms with Crippen molar-refractivity contribution in [2.24, 2.45) is 17.4 Å². The van der Waals surface area contributed by atoms with Crippen LogP contribution in [0.3, 0.4) is 0 Å². The van der Waals surface area contributed by atoms with Crippen molar-refractivity contribution in [1.82, 2.24) is 0 Å². The molecule has 0 saturated heterocycles. The summed E-state index contributed by atoms with van der Waals surface area (Å²) in [5.74, 6) is -1.67. The van der Waals surface area contributed by atoms with Gasteiger partial charge in [0.2, 0.25) is 0 Å². The van der Waals surface area contributed by atoms with Crippen LogP contribution in [0.15, 0.2) is 0 Å². The summed E-state index contributed by atoms with van der Waals surface area (Å²) in [4.78, 5) is 33.7. The molecular formula is C11H20N2O3. The molecule has 4 N–H and O–H groups in total. The van der Waals surface area contributed by atoms with Crippen molar-refractivity contribution in [1.29, 1.82) is 0 Å². The van der Waals surface area contributed by atoms with E-state index in [1.807, 2.05) is 0 Å². The van der Waals surface area contributed by atoms with E-state index >= 15 is 0 Å². The Bertz CT molecular complexity index is 287. The third-order valence-electron chi connectivity index (χ3n) is 2.49. The summed E-state index contributed by atoms with van der Waals surface area (Å²) in [5.41, 5.74) is 11.3. The van der Waals surface area contributed by atoms with Crippen molar-refractivity contribution < 1.29 is 14.4 Å². The van der Waals surface area contributed by atoms with E-state index in [0.29, 0.717) is 0 Å². The lowest BCUT2D eigenvalue weighted by molar-refractivity contribution is -0.133. The minimum atomic E-state index is -0.801. The first-order valence-corrected chi connectivity index (χ1v) is 5.29. The normalized spacial score (nSPS) is 16.3. The molecule has 0 aromatic rings. The molecule has 0 aromatic carbocycles. The molecule has 92 valence electrons. The highest BCUT2D eigenvalue weighted by Gasteiger charge is 2.27. The lowest BCUT2D eigenvalue weighted by Crippen LogP contribution is -2.42. The molecule has 0 bridgehead atoms. The Morgan fingerprint density at radius 2 is 1.62 bits per heavy atom. The zero-order chi connectivity index (χ0) is 12.9. The summed E-state index contributed by atoms with van der Waals surface area (Å²) in [7, 11) is 0. The van der Waals surface area contributed by atoms with Crippen LogP contribution in [0.25, 0.3) is 0 Å². The van der Waals surface area contributed by atoms with Gasteiger partial charge in [-0.25, -0.2) is 0 Å². The second-order valence-corrected chi connectivity index (χ2v) is 4.27. The summed E-state index contributed by atoms with van der Waals surface area (Å²) < 4.78 is 0. The zero-order valence-electron chi connectivity index (χ0n) is 10.0. The molecule has 0 heterocycles. The smallest absolute Gasteiger partial charge is 0.150 e. The Hall–Kier alpha value is -1.07. The van der Waals surface area contributed by atoms with E-state index in [-0.39, 0.29) is 36.2 Å². The van der Waals surface area contributed by atoms with Crippen LogP contribution in [-0.4, -0.2) is 29.4 Å². The van der Waals surface area contributed by atoms with Crippen molar-refractivity contribution in [3.8, 4) is 0 Å². The summed E-state index contributed by atoms with van der Waals surface area (Å²) in [6.45, 7) is 4.37. The van der Waals surface area contributed by atoms with E-state index in [1.165, 1.54) is 13.8 Å². The standard InChI is InChI=1S/C11H20N2O3/c1-6(14)4-11(16)9(8(3)15)5-10(13)7(2)12/h7,9-10H,4-5,12-13H2,1-3H3. The van der Waals surface area contributed by atoms with Gasteiger partial charge in [0.15, 0.2) is 5.78 Å². The fourth-order valence-electron chi connectivity index (χ4n) is 1.38. The summed E-state index contributed by atoms with van der Waals surface area (Å²) in [5, 5.41) is 0. The van der Waals surface area contributed by atoms with Crippen molar-refractivity contribution in [2.75, 3.05) is 0 Å². The molecule has 0 aliphatic heterocycles. The number of hydrogen-bond donors (Lipinski definition) is 2. The van der Waals surface area contributed by atoms with Crippen molar-refractivity contribution in [2.45, 2.75) is 45.7 Å². The minimum absolute atomic E-state index is 0.207. The van der Waals surface area contributed by atoms with Crippen LogP contribution in [0.5, 0.6) is 0 Å². The van der Waals surface area contributed by atoms with Gasteiger partial charge in [0.05, 0.1) is 12.3 Å². The molecule has 0 radical (unpaired) electrons. The Labute approximate surface area is 95.6 Å². The van der Waals surface area contributed by atoms with Crippen LogP contribution in [-0.2, 0) is 14.4 Å². The quantitative estimate of drug-likeness (QED) is 0.587. The summed E-state index contributed by atoms with van der Waals surface area (Å²) >= 11 is 0. The van der Waals surface area contributed by atoms with Crippen molar-refractivity contribution >= 4 is 17.3 Å². The summed E-state index contributed by atoms with van der Waals surface area (Å²) in [6.07, 6.45) is -0.00493. The fraction of sp³-hybridized carbons (Fsp3) is 0.727. The Kier molecular flexibility index (Phi) is 6.06. The zero-order valence-corrected chi connectivity index (χ0v) is 10.0. The maximum absolute atomic E-state index is 11.6. The van der Waals surface area contributed by atoms with E-state index in [4.69, 9.17) is 11.5 Å². The monoisotopic (exact) mass is 228 g/mol. The molecule has 0 aliphatic rings. The van der Waals surface area contributed by atoms with Gasteiger partial charge >= 0.3 is 0 Å². The van der Waals surface area contributed by atoms with Gasteiger partial charge in [0, 0.05) is 12.1 Å². The first kappa shape index (κ1) is 14.9. The van der Waals surface area contributed by atoms with Crippen LogP contribution < -0.4 is 11.5 Å². The maximum atomic E-state index is 11.6. The molecule has 16 heavy (non-hydrogen) atoms. The van der Waals surface area contributed by atoms with Crippen molar-refractivity contribution in [3.05, 3.63) is 0 Å². The molecule has 0 rings (SSSR count). The molecule has 0 aliphatic carbocycles. The molecule has 0 amide bonds. The second-order valence-electron chi connectivity index (χ2n) is 4.27. The topological polar surface area (TPSA) is 103 Å². The van der Waals surface area contributed by atoms with Gasteiger partial charge in [-0.3, -0.25) is 14.4 Å². The van der Waals surface area contributed by atoms with Crippen LogP contribution in [0.1, 0.15) is 33.6 Å². The highest BCUT2D eigenvalue weighted by molar-refractivity contribution is 6.08. The van der Waals surface area contributed by atoms with Gasteiger partial charge in [-0.15, -0.1) is 0 Å². The molecule has 0 aromatic heterocycles. The predicted octanol–water partition coefficient (Wildman–Crippen LogP) is -0.196. The van der Waals surface area contributed by atoms with Gasteiger partial charge < -0.3 is 11.5 Å². The minimum Gasteiger partial charge on any atom is -0.327 e. The average Bonchev–Trinajstić information content (AvgIpc) is 2.11. The molecule has 3 unspecified atom stereocenters. The maximum Gasteiger partial charge on any atom is 0.150 e. The molecule has 5 nitrogen and oxygen atoms in total. The molecule has 0 spiro atoms. The van der Waals surface area contributed by atoms with Gasteiger partial charge in [0.1, 0.15) is 11.6 Å². The Morgan fingerprint density at radius 1 is 1.12 bits per heavy atom. The van der Waals surface area contributed by atoms with Gasteiger partial charge in [-0.05, 0) is 27.2 Å². The highest BCUT2D eigenvalue weighted by atomic mass is 16.2. The molecule has 0 fully saturated rings. The predicted molar refractivity (Wildman–Crippen MR) is 60.7 cm³/mol. The Morgan fingerprint density at radius 3 is 1.94 bits per heavy atom. The van der Waals surface area contributed by atoms with Gasteiger partial charge in [-0.2, -0.15) is 0 Å². The van der Waals surface area contributed by atoms with Crippen LogP contribution >= 0.6 is 0 Å². The van der Waals surface area contributed by atoms with E-state index in [2.05, 4.69) is 0 Å². The van der Waals surface area contributed by atoms with Crippen LogP contribution in [0.4, 0.5) is 0 Å². The van der Waals surface area contributed by atoms with E-state index < -0.39 is 12.0 Å². The lowest BCUT2D eigenvalue weighted by Gasteiger charge is -2.20. The van der Waals surface area contributed by atoms with Crippen molar-refractivity contribution in [3.63, 3.8) is 0 Å². The largest absolute Gasteiger partial charge is 0.327 e. The molecule has 5 heteroatoms. The number of hydrogen-bond acceptors (Lipinski definition) is 5. The lowest BCUT2D eigenvalue weighted by atomic mass is 9.88. The number of nitrogens with two attached hydrogens (primary N) is 2. The van der Waals surface area contributed by atoms with Gasteiger partial charge in [0.25, 0.3) is 0 Å². The first-order chi connectivity index (χ1) is 7.25. The third-order valence-corrected chi connectivity index (χ3v) is 2.49.